The van der Waals surface area contributed by atoms with Crippen LogP contribution in [-0.4, -0.2) is 18.9 Å². The Kier molecular flexibility index (Phi) is 5.26. The van der Waals surface area contributed by atoms with Crippen LogP contribution >= 0.6 is 0 Å². The number of alkyl halides is 3. The van der Waals surface area contributed by atoms with Crippen molar-refractivity contribution in [1.29, 1.82) is 0 Å². The Morgan fingerprint density at radius 3 is 2.54 bits per heavy atom. The van der Waals surface area contributed by atoms with Crippen molar-refractivity contribution < 1.29 is 22.3 Å². The minimum atomic E-state index is -4.36. The van der Waals surface area contributed by atoms with Crippen molar-refractivity contribution in [2.24, 2.45) is 5.73 Å². The first-order valence-electron chi connectivity index (χ1n) is 7.85. The summed E-state index contributed by atoms with van der Waals surface area (Å²) >= 11 is 0. The van der Waals surface area contributed by atoms with Crippen LogP contribution in [0.1, 0.15) is 11.1 Å². The molecule has 0 spiro atoms. The van der Waals surface area contributed by atoms with Crippen LogP contribution in [0.25, 0.3) is 5.70 Å². The first kappa shape index (κ1) is 18.4. The second-order valence-corrected chi connectivity index (χ2v) is 5.83. The van der Waals surface area contributed by atoms with Crippen LogP contribution < -0.4 is 16.2 Å². The molecule has 0 fully saturated rings. The number of hydrazine groups is 1. The minimum Gasteiger partial charge on any atom is -0.367 e. The van der Waals surface area contributed by atoms with Crippen LogP contribution in [0.3, 0.4) is 0 Å². The number of hydrogen-bond acceptors (Lipinski definition) is 4. The third kappa shape index (κ3) is 4.60. The van der Waals surface area contributed by atoms with E-state index in [1.54, 1.807) is 41.4 Å². The number of hydrogen-bond donors (Lipinski definition) is 2. The van der Waals surface area contributed by atoms with Gasteiger partial charge in [-0.25, -0.2) is 9.82 Å². The molecule has 4 nitrogen and oxygen atoms in total. The maximum atomic E-state index is 13.2. The molecule has 2 aromatic rings. The van der Waals surface area contributed by atoms with Crippen molar-refractivity contribution in [2.75, 3.05) is 11.6 Å². The fourth-order valence-electron chi connectivity index (χ4n) is 2.63. The molecule has 138 valence electrons. The van der Waals surface area contributed by atoms with Gasteiger partial charge in [-0.3, -0.25) is 5.01 Å². The van der Waals surface area contributed by atoms with E-state index in [1.807, 2.05) is 6.07 Å². The molecular weight excluding hydrogens is 350 g/mol. The van der Waals surface area contributed by atoms with Crippen LogP contribution in [0.2, 0.25) is 0 Å². The molecule has 0 saturated carbocycles. The summed E-state index contributed by atoms with van der Waals surface area (Å²) in [6, 6.07) is 12.8. The Bertz CT molecular complexity index is 790. The van der Waals surface area contributed by atoms with Gasteiger partial charge in [-0.1, -0.05) is 18.2 Å². The van der Waals surface area contributed by atoms with Gasteiger partial charge in [-0.15, -0.1) is 0 Å². The second-order valence-electron chi connectivity index (χ2n) is 5.83. The van der Waals surface area contributed by atoms with E-state index < -0.39 is 18.9 Å². The molecule has 0 saturated heterocycles. The molecule has 3 N–H and O–H groups in total. The summed E-state index contributed by atoms with van der Waals surface area (Å²) in [7, 11) is 0. The van der Waals surface area contributed by atoms with Gasteiger partial charge in [0.1, 0.15) is 12.4 Å². The van der Waals surface area contributed by atoms with Gasteiger partial charge < -0.3 is 10.5 Å². The van der Waals surface area contributed by atoms with E-state index in [0.29, 0.717) is 11.3 Å². The van der Waals surface area contributed by atoms with E-state index in [0.717, 1.165) is 11.3 Å². The first-order valence-corrected chi connectivity index (χ1v) is 7.85. The average molecular weight is 367 g/mol. The molecule has 0 aliphatic carbocycles. The Labute approximate surface area is 147 Å². The van der Waals surface area contributed by atoms with E-state index in [9.17, 15) is 17.6 Å². The van der Waals surface area contributed by atoms with Crippen molar-refractivity contribution >= 4 is 11.4 Å². The number of benzene rings is 2. The number of nitrogens with one attached hydrogen (secondary N) is 1. The highest BCUT2D eigenvalue weighted by Gasteiger charge is 2.27. The zero-order valence-corrected chi connectivity index (χ0v) is 13.6. The molecule has 1 aliphatic rings. The van der Waals surface area contributed by atoms with Gasteiger partial charge in [0, 0.05) is 0 Å². The Morgan fingerprint density at radius 1 is 1.12 bits per heavy atom. The quantitative estimate of drug-likeness (QED) is 0.794. The molecule has 1 atom stereocenters. The van der Waals surface area contributed by atoms with Gasteiger partial charge in [0.15, 0.2) is 0 Å². The predicted molar refractivity (Wildman–Crippen MR) is 90.1 cm³/mol. The van der Waals surface area contributed by atoms with Gasteiger partial charge in [0.25, 0.3) is 0 Å². The van der Waals surface area contributed by atoms with Gasteiger partial charge in [0.05, 0.1) is 24.2 Å². The van der Waals surface area contributed by atoms with Crippen LogP contribution in [0.4, 0.5) is 23.2 Å². The highest BCUT2D eigenvalue weighted by atomic mass is 19.4. The average Bonchev–Trinajstić information content (AvgIpc) is 2.96. The van der Waals surface area contributed by atoms with Crippen LogP contribution in [0.5, 0.6) is 0 Å². The zero-order chi connectivity index (χ0) is 18.7. The lowest BCUT2D eigenvalue weighted by Crippen LogP contribution is -2.41. The third-order valence-corrected chi connectivity index (χ3v) is 3.70. The molecule has 1 unspecified atom stereocenters. The lowest BCUT2D eigenvalue weighted by atomic mass is 10.1. The number of ether oxygens (including phenoxy) is 1. The molecule has 0 radical (unpaired) electrons. The largest absolute Gasteiger partial charge is 0.411 e. The van der Waals surface area contributed by atoms with Gasteiger partial charge in [-0.05, 0) is 47.5 Å². The number of nitrogens with two attached hydrogens (primary N) is 1. The van der Waals surface area contributed by atoms with Crippen LogP contribution in [-0.2, 0) is 11.3 Å². The molecule has 26 heavy (non-hydrogen) atoms. The maximum absolute atomic E-state index is 13.2. The van der Waals surface area contributed by atoms with E-state index in [-0.39, 0.29) is 12.4 Å². The summed E-state index contributed by atoms with van der Waals surface area (Å²) in [5, 5.41) is 1.71. The summed E-state index contributed by atoms with van der Waals surface area (Å²) in [4.78, 5) is 0. The molecule has 0 aromatic heterocycles. The zero-order valence-electron chi connectivity index (χ0n) is 13.6. The maximum Gasteiger partial charge on any atom is 0.411 e. The summed E-state index contributed by atoms with van der Waals surface area (Å²) < 4.78 is 54.5. The molecule has 1 heterocycles. The molecule has 0 amide bonds. The first-order chi connectivity index (χ1) is 12.3. The third-order valence-electron chi connectivity index (χ3n) is 3.70. The number of halogens is 4. The summed E-state index contributed by atoms with van der Waals surface area (Å²) in [6.07, 6.45) is -3.03. The molecule has 1 aliphatic heterocycles. The fraction of sp³-hybridized carbons (Fsp3) is 0.222. The van der Waals surface area contributed by atoms with Gasteiger partial charge >= 0.3 is 6.18 Å². The van der Waals surface area contributed by atoms with Crippen molar-refractivity contribution in [3.63, 3.8) is 0 Å². The Hall–Kier alpha value is -2.42. The Morgan fingerprint density at radius 2 is 1.85 bits per heavy atom. The monoisotopic (exact) mass is 367 g/mol. The van der Waals surface area contributed by atoms with E-state index in [1.165, 1.54) is 12.1 Å². The number of anilines is 1. The van der Waals surface area contributed by atoms with Crippen molar-refractivity contribution in [3.05, 3.63) is 71.6 Å². The number of nitrogens with zero attached hydrogens (tertiary/aromatic N) is 1. The van der Waals surface area contributed by atoms with Gasteiger partial charge in [-0.2, -0.15) is 13.2 Å². The topological polar surface area (TPSA) is 50.5 Å². The minimum absolute atomic E-state index is 0.156. The standard InChI is InChI=1S/C18H17F4N3O/c19-14-4-6-15(7-5-14)25-16(9-17(23)24-25)13-3-1-2-12(8-13)10-26-11-18(20,21)22/h1-9,17,24H,10-11,23H2. The van der Waals surface area contributed by atoms with Crippen LogP contribution in [0, 0.1) is 5.82 Å². The van der Waals surface area contributed by atoms with Gasteiger partial charge in [0.2, 0.25) is 0 Å². The Balaban J connectivity index is 1.79. The van der Waals surface area contributed by atoms with Crippen molar-refractivity contribution in [1.82, 2.24) is 5.43 Å². The van der Waals surface area contributed by atoms with E-state index in [4.69, 9.17) is 10.5 Å². The predicted octanol–water partition coefficient (Wildman–Crippen LogP) is 3.56. The smallest absolute Gasteiger partial charge is 0.367 e. The molecule has 3 rings (SSSR count). The SMILES string of the molecule is NC1C=C(c2cccc(COCC(F)(F)F)c2)N(c2ccc(F)cc2)N1. The van der Waals surface area contributed by atoms with Crippen molar-refractivity contribution in [2.45, 2.75) is 18.9 Å². The summed E-state index contributed by atoms with van der Waals surface area (Å²) in [5.74, 6) is -0.355. The molecular formula is C18H17F4N3O. The summed E-state index contributed by atoms with van der Waals surface area (Å²) in [6.45, 7) is -1.45. The summed E-state index contributed by atoms with van der Waals surface area (Å²) in [5.41, 5.74) is 11.7. The molecule has 2 aromatic carbocycles. The second kappa shape index (κ2) is 7.45. The highest BCUT2D eigenvalue weighted by Crippen LogP contribution is 2.29. The fourth-order valence-corrected chi connectivity index (χ4v) is 2.63. The lowest BCUT2D eigenvalue weighted by molar-refractivity contribution is -0.176. The van der Waals surface area contributed by atoms with Crippen molar-refractivity contribution in [3.8, 4) is 0 Å². The highest BCUT2D eigenvalue weighted by molar-refractivity contribution is 5.81. The van der Waals surface area contributed by atoms with Crippen LogP contribution in [0.15, 0.2) is 54.6 Å². The van der Waals surface area contributed by atoms with E-state index in [2.05, 4.69) is 5.43 Å². The lowest BCUT2D eigenvalue weighted by Gasteiger charge is -2.23. The molecule has 0 bridgehead atoms. The van der Waals surface area contributed by atoms with E-state index >= 15 is 0 Å². The number of rotatable bonds is 5. The molecule has 8 heteroatoms. The normalized spacial score (nSPS) is 17.5.